The molecular weight excluding hydrogens is 236 g/mol. The second-order valence-corrected chi connectivity index (χ2v) is 3.74. The van der Waals surface area contributed by atoms with E-state index in [1.165, 1.54) is 20.3 Å². The maximum absolute atomic E-state index is 11.8. The number of benzene rings is 1. The minimum Gasteiger partial charge on any atom is -0.465 e. The molecule has 0 aliphatic rings. The molecule has 0 aliphatic heterocycles. The third kappa shape index (κ3) is 1.84. The smallest absolute Gasteiger partial charge is 0.339 e. The largest absolute Gasteiger partial charge is 0.465 e. The van der Waals surface area contributed by atoms with Gasteiger partial charge in [-0.25, -0.2) is 9.59 Å². The highest BCUT2D eigenvalue weighted by Gasteiger charge is 2.22. The van der Waals surface area contributed by atoms with Crippen LogP contribution in [0.25, 0.3) is 11.0 Å². The molecule has 1 aromatic heterocycles. The lowest BCUT2D eigenvalue weighted by atomic mass is 10.0. The highest BCUT2D eigenvalue weighted by atomic mass is 16.5. The molecule has 0 atom stereocenters. The number of furan rings is 1. The van der Waals surface area contributed by atoms with Gasteiger partial charge in [-0.2, -0.15) is 0 Å². The van der Waals surface area contributed by atoms with Gasteiger partial charge < -0.3 is 13.9 Å². The second-order valence-electron chi connectivity index (χ2n) is 3.74. The maximum Gasteiger partial charge on any atom is 0.339 e. The van der Waals surface area contributed by atoms with Gasteiger partial charge >= 0.3 is 11.9 Å². The summed E-state index contributed by atoms with van der Waals surface area (Å²) in [5.41, 5.74) is 0.858. The molecule has 0 fully saturated rings. The Kier molecular flexibility index (Phi) is 3.06. The topological polar surface area (TPSA) is 65.7 Å². The number of carbonyl (C=O) groups excluding carboxylic acids is 2. The van der Waals surface area contributed by atoms with Crippen molar-refractivity contribution in [3.05, 3.63) is 35.1 Å². The van der Waals surface area contributed by atoms with E-state index in [0.29, 0.717) is 16.7 Å². The van der Waals surface area contributed by atoms with Gasteiger partial charge in [-0.05, 0) is 25.1 Å². The normalized spacial score (nSPS) is 10.4. The van der Waals surface area contributed by atoms with E-state index in [4.69, 9.17) is 9.15 Å². The second kappa shape index (κ2) is 4.52. The summed E-state index contributed by atoms with van der Waals surface area (Å²) >= 11 is 0. The lowest BCUT2D eigenvalue weighted by Gasteiger charge is -2.06. The Labute approximate surface area is 103 Å². The summed E-state index contributed by atoms with van der Waals surface area (Å²) in [6, 6.07) is 4.80. The average molecular weight is 248 g/mol. The maximum atomic E-state index is 11.8. The van der Waals surface area contributed by atoms with Crippen molar-refractivity contribution in [1.82, 2.24) is 0 Å². The molecule has 1 aromatic carbocycles. The Morgan fingerprint density at radius 2 is 1.78 bits per heavy atom. The Bertz CT molecular complexity index is 624. The molecule has 0 spiro atoms. The molecule has 0 amide bonds. The van der Waals surface area contributed by atoms with Crippen molar-refractivity contribution in [2.75, 3.05) is 14.2 Å². The number of aryl methyl sites for hydroxylation is 1. The molecule has 1 heterocycles. The highest BCUT2D eigenvalue weighted by Crippen LogP contribution is 2.27. The van der Waals surface area contributed by atoms with Gasteiger partial charge in [0.25, 0.3) is 0 Å². The molecule has 18 heavy (non-hydrogen) atoms. The van der Waals surface area contributed by atoms with E-state index in [9.17, 15) is 9.59 Å². The quantitative estimate of drug-likeness (QED) is 0.763. The van der Waals surface area contributed by atoms with Gasteiger partial charge in [-0.15, -0.1) is 0 Å². The Morgan fingerprint density at radius 3 is 2.39 bits per heavy atom. The number of hydrogen-bond donors (Lipinski definition) is 0. The SMILES string of the molecule is COC(=O)c1ccc2oc(C)cc2c1C(=O)OC. The highest BCUT2D eigenvalue weighted by molar-refractivity contribution is 6.12. The standard InChI is InChI=1S/C13H12O5/c1-7-6-9-10(18-7)5-4-8(12(14)16-2)11(9)13(15)17-3/h4-6H,1-3H3. The third-order valence-electron chi connectivity index (χ3n) is 2.62. The first kappa shape index (κ1) is 12.2. The van der Waals surface area contributed by atoms with Crippen LogP contribution in [0.2, 0.25) is 0 Å². The zero-order valence-corrected chi connectivity index (χ0v) is 10.3. The number of fused-ring (bicyclic) bond motifs is 1. The predicted molar refractivity (Wildman–Crippen MR) is 63.6 cm³/mol. The van der Waals surface area contributed by atoms with Crippen LogP contribution in [-0.2, 0) is 9.47 Å². The molecule has 94 valence electrons. The zero-order chi connectivity index (χ0) is 13.3. The van der Waals surface area contributed by atoms with Gasteiger partial charge in [0.2, 0.25) is 0 Å². The number of rotatable bonds is 2. The van der Waals surface area contributed by atoms with Gasteiger partial charge in [-0.1, -0.05) is 0 Å². The minimum absolute atomic E-state index is 0.164. The van der Waals surface area contributed by atoms with Crippen molar-refractivity contribution in [2.45, 2.75) is 6.92 Å². The fourth-order valence-electron chi connectivity index (χ4n) is 1.84. The number of ether oxygens (including phenoxy) is 2. The molecule has 5 heteroatoms. The number of carbonyl (C=O) groups is 2. The summed E-state index contributed by atoms with van der Waals surface area (Å²) in [4.78, 5) is 23.5. The molecule has 0 unspecified atom stereocenters. The predicted octanol–water partition coefficient (Wildman–Crippen LogP) is 2.31. The van der Waals surface area contributed by atoms with Crippen LogP contribution < -0.4 is 0 Å². The summed E-state index contributed by atoms with van der Waals surface area (Å²) < 4.78 is 14.8. The molecule has 2 rings (SSSR count). The monoisotopic (exact) mass is 248 g/mol. The summed E-state index contributed by atoms with van der Waals surface area (Å²) in [7, 11) is 2.52. The molecule has 0 saturated heterocycles. The molecule has 0 aliphatic carbocycles. The first-order valence-corrected chi connectivity index (χ1v) is 5.28. The van der Waals surface area contributed by atoms with Crippen LogP contribution in [0.4, 0.5) is 0 Å². The Morgan fingerprint density at radius 1 is 1.11 bits per heavy atom. The summed E-state index contributed by atoms with van der Waals surface area (Å²) in [6.45, 7) is 1.76. The van der Waals surface area contributed by atoms with Crippen LogP contribution in [-0.4, -0.2) is 26.2 Å². The first-order valence-electron chi connectivity index (χ1n) is 5.28. The van der Waals surface area contributed by atoms with Crippen LogP contribution in [0.15, 0.2) is 22.6 Å². The first-order chi connectivity index (χ1) is 8.58. The van der Waals surface area contributed by atoms with E-state index in [1.54, 1.807) is 19.1 Å². The molecule has 5 nitrogen and oxygen atoms in total. The minimum atomic E-state index is -0.596. The van der Waals surface area contributed by atoms with E-state index < -0.39 is 11.9 Å². The lowest BCUT2D eigenvalue weighted by Crippen LogP contribution is -2.12. The van der Waals surface area contributed by atoms with E-state index in [1.807, 2.05) is 0 Å². The molecule has 0 radical (unpaired) electrons. The fourth-order valence-corrected chi connectivity index (χ4v) is 1.84. The van der Waals surface area contributed by atoms with Crippen molar-refractivity contribution in [3.63, 3.8) is 0 Å². The molecule has 0 N–H and O–H groups in total. The van der Waals surface area contributed by atoms with Crippen molar-refractivity contribution >= 4 is 22.9 Å². The van der Waals surface area contributed by atoms with Gasteiger partial charge in [0, 0.05) is 5.39 Å². The fraction of sp³-hybridized carbons (Fsp3) is 0.231. The summed E-state index contributed by atoms with van der Waals surface area (Å²) in [5, 5.41) is 0.544. The van der Waals surface area contributed by atoms with Crippen LogP contribution >= 0.6 is 0 Å². The van der Waals surface area contributed by atoms with Crippen molar-refractivity contribution in [3.8, 4) is 0 Å². The lowest BCUT2D eigenvalue weighted by molar-refractivity contribution is 0.0557. The molecule has 0 saturated carbocycles. The van der Waals surface area contributed by atoms with Crippen LogP contribution in [0.5, 0.6) is 0 Å². The van der Waals surface area contributed by atoms with E-state index in [0.717, 1.165) is 0 Å². The summed E-state index contributed by atoms with van der Waals surface area (Å²) in [6.07, 6.45) is 0. The Hall–Kier alpha value is -2.30. The van der Waals surface area contributed by atoms with Gasteiger partial charge in [0.05, 0.1) is 25.3 Å². The van der Waals surface area contributed by atoms with Crippen molar-refractivity contribution in [2.24, 2.45) is 0 Å². The third-order valence-corrected chi connectivity index (χ3v) is 2.62. The molecule has 0 bridgehead atoms. The Balaban J connectivity index is 2.78. The van der Waals surface area contributed by atoms with Crippen molar-refractivity contribution in [1.29, 1.82) is 0 Å². The number of esters is 2. The van der Waals surface area contributed by atoms with Crippen LogP contribution in [0.3, 0.4) is 0 Å². The van der Waals surface area contributed by atoms with Gasteiger partial charge in [0.1, 0.15) is 11.3 Å². The van der Waals surface area contributed by atoms with Gasteiger partial charge in [-0.3, -0.25) is 0 Å². The van der Waals surface area contributed by atoms with Crippen LogP contribution in [0, 0.1) is 6.92 Å². The van der Waals surface area contributed by atoms with Crippen LogP contribution in [0.1, 0.15) is 26.5 Å². The molecular formula is C13H12O5. The van der Waals surface area contributed by atoms with Crippen molar-refractivity contribution < 1.29 is 23.5 Å². The number of hydrogen-bond acceptors (Lipinski definition) is 5. The van der Waals surface area contributed by atoms with E-state index >= 15 is 0 Å². The number of methoxy groups -OCH3 is 2. The molecule has 2 aromatic rings. The van der Waals surface area contributed by atoms with E-state index in [-0.39, 0.29) is 11.1 Å². The summed E-state index contributed by atoms with van der Waals surface area (Å²) in [5.74, 6) is -0.532. The van der Waals surface area contributed by atoms with Gasteiger partial charge in [0.15, 0.2) is 0 Å². The van der Waals surface area contributed by atoms with E-state index in [2.05, 4.69) is 4.74 Å². The zero-order valence-electron chi connectivity index (χ0n) is 10.3. The average Bonchev–Trinajstić information content (AvgIpc) is 2.75.